The van der Waals surface area contributed by atoms with Crippen LogP contribution in [0.1, 0.15) is 10.6 Å². The molecule has 2 aromatic heterocycles. The second-order valence-electron chi connectivity index (χ2n) is 2.41. The number of hydrogen-bond donors (Lipinski definition) is 1. The average Bonchev–Trinajstić information content (AvgIpc) is 2.53. The maximum Gasteiger partial charge on any atom is 0.374 e. The van der Waals surface area contributed by atoms with Gasteiger partial charge < -0.3 is 9.67 Å². The van der Waals surface area contributed by atoms with Crippen LogP contribution in [-0.2, 0) is 7.05 Å². The van der Waals surface area contributed by atoms with E-state index in [1.165, 1.54) is 4.40 Å². The number of hydrogen-bond acceptors (Lipinski definition) is 3. The first-order chi connectivity index (χ1) is 5.70. The molecule has 0 aliphatic carbocycles. The molecule has 2 aromatic rings. The Labute approximate surface area is 67.1 Å². The third-order valence-electron chi connectivity index (χ3n) is 1.62. The molecule has 0 aliphatic heterocycles. The highest BCUT2D eigenvalue weighted by molar-refractivity contribution is 5.84. The normalized spacial score (nSPS) is 10.8. The van der Waals surface area contributed by atoms with Gasteiger partial charge in [-0.1, -0.05) is 0 Å². The lowest BCUT2D eigenvalue weighted by atomic mass is 10.6. The zero-order chi connectivity index (χ0) is 8.72. The molecule has 0 saturated carbocycles. The van der Waals surface area contributed by atoms with Crippen molar-refractivity contribution in [3.05, 3.63) is 18.2 Å². The van der Waals surface area contributed by atoms with Gasteiger partial charge in [0.25, 0.3) is 0 Å². The third kappa shape index (κ3) is 0.714. The highest BCUT2D eigenvalue weighted by atomic mass is 16.4. The van der Waals surface area contributed by atoms with Crippen molar-refractivity contribution in [1.29, 1.82) is 0 Å². The van der Waals surface area contributed by atoms with Crippen molar-refractivity contribution in [1.82, 2.24) is 19.2 Å². The predicted molar refractivity (Wildman–Crippen MR) is 38.9 cm³/mol. The summed E-state index contributed by atoms with van der Waals surface area (Å²) in [6, 6.07) is 0. The zero-order valence-electron chi connectivity index (χ0n) is 6.30. The second kappa shape index (κ2) is 2.07. The highest BCUT2D eigenvalue weighted by Crippen LogP contribution is 2.02. The first-order valence-electron chi connectivity index (χ1n) is 3.29. The van der Waals surface area contributed by atoms with Gasteiger partial charge in [0.05, 0.1) is 0 Å². The summed E-state index contributed by atoms with van der Waals surface area (Å²) in [4.78, 5) is 10.6. The molecule has 2 heterocycles. The van der Waals surface area contributed by atoms with E-state index in [-0.39, 0.29) is 5.82 Å². The van der Waals surface area contributed by atoms with Crippen LogP contribution in [0.5, 0.6) is 0 Å². The first kappa shape index (κ1) is 6.84. The lowest BCUT2D eigenvalue weighted by Gasteiger charge is -1.86. The van der Waals surface area contributed by atoms with E-state index in [1.807, 2.05) is 0 Å². The number of carbonyl (C=O) groups is 1. The fraction of sp³-hybridized carbons (Fsp3) is 0.167. The molecule has 62 valence electrons. The van der Waals surface area contributed by atoms with Crippen molar-refractivity contribution in [2.45, 2.75) is 0 Å². The summed E-state index contributed by atoms with van der Waals surface area (Å²) in [5.74, 6) is -0.619. The molecule has 1 N–H and O–H groups in total. The van der Waals surface area contributed by atoms with Gasteiger partial charge in [0, 0.05) is 19.4 Å². The fourth-order valence-corrected chi connectivity index (χ4v) is 1.04. The summed E-state index contributed by atoms with van der Waals surface area (Å²) < 4.78 is 3.11. The van der Waals surface area contributed by atoms with Crippen molar-refractivity contribution in [3.63, 3.8) is 0 Å². The summed E-state index contributed by atoms with van der Waals surface area (Å²) in [7, 11) is 1.77. The topological polar surface area (TPSA) is 72.4 Å². The van der Waals surface area contributed by atoms with Gasteiger partial charge in [0.2, 0.25) is 11.6 Å². The van der Waals surface area contributed by atoms with Gasteiger partial charge >= 0.3 is 5.97 Å². The Balaban J connectivity index is 2.79. The largest absolute Gasteiger partial charge is 0.475 e. The lowest BCUT2D eigenvalue weighted by Crippen LogP contribution is -2.02. The Hall–Kier alpha value is -1.85. The smallest absolute Gasteiger partial charge is 0.374 e. The molecule has 0 fully saturated rings. The number of rotatable bonds is 1. The van der Waals surface area contributed by atoms with Gasteiger partial charge in [-0.15, -0.1) is 10.2 Å². The van der Waals surface area contributed by atoms with Crippen molar-refractivity contribution < 1.29 is 9.90 Å². The molecule has 6 nitrogen and oxygen atoms in total. The van der Waals surface area contributed by atoms with Crippen LogP contribution in [0, 0.1) is 0 Å². The molecule has 0 atom stereocenters. The molecule has 0 saturated heterocycles. The molecular formula is C6H6N4O2. The molecule has 0 aromatic carbocycles. The summed E-state index contributed by atoms with van der Waals surface area (Å²) in [5.41, 5.74) is 0. The minimum Gasteiger partial charge on any atom is -0.475 e. The van der Waals surface area contributed by atoms with E-state index >= 15 is 0 Å². The number of imidazole rings is 1. The van der Waals surface area contributed by atoms with Crippen LogP contribution in [0.2, 0.25) is 0 Å². The summed E-state index contributed by atoms with van der Waals surface area (Å²) in [6.07, 6.45) is 3.33. The Kier molecular flexibility index (Phi) is 1.18. The van der Waals surface area contributed by atoms with E-state index < -0.39 is 5.97 Å². The van der Waals surface area contributed by atoms with E-state index in [4.69, 9.17) is 5.11 Å². The summed E-state index contributed by atoms with van der Waals surface area (Å²) in [5, 5.41) is 15.9. The maximum absolute atomic E-state index is 10.6. The standard InChI is InChI=1S/C6H6N4O2/c1-9-2-3-10-4(5(11)12)7-8-6(9)10/h2-3H,1H3,(H,11,12). The van der Waals surface area contributed by atoms with E-state index in [2.05, 4.69) is 10.2 Å². The lowest BCUT2D eigenvalue weighted by molar-refractivity contribution is 0.0682. The minimum absolute atomic E-state index is 0.0643. The number of nitrogens with zero attached hydrogens (tertiary/aromatic N) is 4. The van der Waals surface area contributed by atoms with Gasteiger partial charge in [0.15, 0.2) is 0 Å². The predicted octanol–water partition coefficient (Wildman–Crippen LogP) is -0.234. The van der Waals surface area contributed by atoms with E-state index in [1.54, 1.807) is 24.0 Å². The van der Waals surface area contributed by atoms with Gasteiger partial charge in [-0.3, -0.25) is 4.40 Å². The van der Waals surface area contributed by atoms with Crippen LogP contribution in [0.15, 0.2) is 12.4 Å². The van der Waals surface area contributed by atoms with Gasteiger partial charge in [0.1, 0.15) is 0 Å². The molecule has 6 heteroatoms. The highest BCUT2D eigenvalue weighted by Gasteiger charge is 2.13. The van der Waals surface area contributed by atoms with Gasteiger partial charge in [-0.05, 0) is 0 Å². The van der Waals surface area contributed by atoms with Crippen molar-refractivity contribution in [2.75, 3.05) is 0 Å². The Morgan fingerprint density at radius 3 is 2.92 bits per heavy atom. The average molecular weight is 166 g/mol. The number of aromatic carboxylic acids is 1. The molecule has 0 aliphatic rings. The molecule has 0 bridgehead atoms. The number of aryl methyl sites for hydroxylation is 1. The third-order valence-corrected chi connectivity index (χ3v) is 1.62. The Bertz CT molecular complexity index is 441. The molecule has 0 radical (unpaired) electrons. The van der Waals surface area contributed by atoms with Crippen molar-refractivity contribution in [2.24, 2.45) is 7.05 Å². The van der Waals surface area contributed by atoms with Crippen LogP contribution < -0.4 is 0 Å². The quantitative estimate of drug-likeness (QED) is 0.634. The Morgan fingerprint density at radius 2 is 2.25 bits per heavy atom. The number of carboxylic acid groups (broad SMARTS) is 1. The van der Waals surface area contributed by atoms with Crippen LogP contribution in [0.3, 0.4) is 0 Å². The molecule has 12 heavy (non-hydrogen) atoms. The molecule has 0 unspecified atom stereocenters. The minimum atomic E-state index is -1.08. The van der Waals surface area contributed by atoms with Gasteiger partial charge in [-0.2, -0.15) is 0 Å². The van der Waals surface area contributed by atoms with Gasteiger partial charge in [-0.25, -0.2) is 4.79 Å². The molecule has 0 amide bonds. The fourth-order valence-electron chi connectivity index (χ4n) is 1.04. The summed E-state index contributed by atoms with van der Waals surface area (Å²) in [6.45, 7) is 0. The van der Waals surface area contributed by atoms with Crippen molar-refractivity contribution >= 4 is 11.7 Å². The zero-order valence-corrected chi connectivity index (χ0v) is 6.30. The number of carboxylic acids is 1. The van der Waals surface area contributed by atoms with E-state index in [0.717, 1.165) is 0 Å². The van der Waals surface area contributed by atoms with Crippen LogP contribution in [0.25, 0.3) is 5.78 Å². The maximum atomic E-state index is 10.6. The van der Waals surface area contributed by atoms with E-state index in [9.17, 15) is 4.79 Å². The first-order valence-corrected chi connectivity index (χ1v) is 3.29. The SMILES string of the molecule is Cn1ccn2c(C(=O)O)nnc12. The molecule has 2 rings (SSSR count). The molecule has 0 spiro atoms. The van der Waals surface area contributed by atoms with E-state index in [0.29, 0.717) is 5.78 Å². The number of aromatic nitrogens is 4. The van der Waals surface area contributed by atoms with Crippen LogP contribution >= 0.6 is 0 Å². The van der Waals surface area contributed by atoms with Crippen LogP contribution in [-0.4, -0.2) is 30.2 Å². The number of fused-ring (bicyclic) bond motifs is 1. The van der Waals surface area contributed by atoms with Crippen LogP contribution in [0.4, 0.5) is 0 Å². The molecular weight excluding hydrogens is 160 g/mol. The summed E-state index contributed by atoms with van der Waals surface area (Å²) >= 11 is 0. The second-order valence-corrected chi connectivity index (χ2v) is 2.41. The van der Waals surface area contributed by atoms with Crippen molar-refractivity contribution in [3.8, 4) is 0 Å². The Morgan fingerprint density at radius 1 is 1.50 bits per heavy atom. The monoisotopic (exact) mass is 166 g/mol.